The molecule has 0 saturated heterocycles. The van der Waals surface area contributed by atoms with Gasteiger partial charge in [0.05, 0.1) is 0 Å². The van der Waals surface area contributed by atoms with E-state index in [1.165, 1.54) is 6.92 Å². The maximum absolute atomic E-state index is 12.4. The van der Waals surface area contributed by atoms with Crippen LogP contribution in [0.3, 0.4) is 0 Å². The minimum Gasteiger partial charge on any atom is -0.465 e. The molecule has 3 N–H and O–H groups in total. The van der Waals surface area contributed by atoms with Crippen LogP contribution in [0.4, 0.5) is 18.0 Å². The van der Waals surface area contributed by atoms with Crippen molar-refractivity contribution in [3.05, 3.63) is 0 Å². The van der Waals surface area contributed by atoms with E-state index < -0.39 is 29.5 Å². The van der Waals surface area contributed by atoms with Crippen molar-refractivity contribution < 1.29 is 23.1 Å². The SMILES string of the molecule is CC1CC(F)(F)C1(F)Cl.NC(=O)O. The van der Waals surface area contributed by atoms with Crippen molar-refractivity contribution in [2.45, 2.75) is 24.4 Å². The second kappa shape index (κ2) is 3.61. The van der Waals surface area contributed by atoms with Crippen LogP contribution in [-0.2, 0) is 0 Å². The van der Waals surface area contributed by atoms with Crippen molar-refractivity contribution in [2.24, 2.45) is 11.7 Å². The maximum atomic E-state index is 12.4. The molecule has 1 rings (SSSR count). The second-order valence-electron chi connectivity index (χ2n) is 2.77. The Balaban J connectivity index is 0.000000310. The Kier molecular flexibility index (Phi) is 3.43. The van der Waals surface area contributed by atoms with E-state index in [-0.39, 0.29) is 0 Å². The first-order valence-electron chi connectivity index (χ1n) is 3.35. The molecular formula is C6H9ClF3NO2. The highest BCUT2D eigenvalue weighted by Gasteiger charge is 2.67. The van der Waals surface area contributed by atoms with Gasteiger partial charge in [-0.25, -0.2) is 18.0 Å². The zero-order valence-corrected chi connectivity index (χ0v) is 7.49. The van der Waals surface area contributed by atoms with Crippen molar-refractivity contribution in [2.75, 3.05) is 0 Å². The van der Waals surface area contributed by atoms with E-state index in [1.807, 2.05) is 0 Å². The highest BCUT2D eigenvalue weighted by Crippen LogP contribution is 2.56. The molecule has 0 aliphatic heterocycles. The van der Waals surface area contributed by atoms with Gasteiger partial charge in [-0.05, 0) is 0 Å². The predicted molar refractivity (Wildman–Crippen MR) is 40.6 cm³/mol. The lowest BCUT2D eigenvalue weighted by Crippen LogP contribution is -2.56. The van der Waals surface area contributed by atoms with E-state index in [1.54, 1.807) is 0 Å². The molecule has 2 atom stereocenters. The van der Waals surface area contributed by atoms with Gasteiger partial charge in [-0.1, -0.05) is 18.5 Å². The summed E-state index contributed by atoms with van der Waals surface area (Å²) < 4.78 is 36.5. The minimum absolute atomic E-state index is 0.438. The quantitative estimate of drug-likeness (QED) is 0.614. The summed E-state index contributed by atoms with van der Waals surface area (Å²) in [5, 5.41) is 4.41. The standard InChI is InChI=1S/C5H6ClF3.CH3NO2/c1-3-2-4(7,8)5(3,6)9;2-1(3)4/h3H,2H2,1H3;2H2,(H,3,4). The third-order valence-electron chi connectivity index (χ3n) is 1.67. The molecule has 0 bridgehead atoms. The summed E-state index contributed by atoms with van der Waals surface area (Å²) in [7, 11) is 0. The lowest BCUT2D eigenvalue weighted by molar-refractivity contribution is -0.201. The average Bonchev–Trinajstić information content (AvgIpc) is 1.84. The molecule has 1 fully saturated rings. The van der Waals surface area contributed by atoms with Gasteiger partial charge < -0.3 is 10.8 Å². The van der Waals surface area contributed by atoms with Gasteiger partial charge in [-0.2, -0.15) is 0 Å². The number of amides is 1. The van der Waals surface area contributed by atoms with E-state index in [0.29, 0.717) is 0 Å². The van der Waals surface area contributed by atoms with Crippen LogP contribution in [-0.4, -0.2) is 22.3 Å². The molecular weight excluding hydrogens is 211 g/mol. The van der Waals surface area contributed by atoms with Crippen LogP contribution in [0, 0.1) is 5.92 Å². The first kappa shape index (κ1) is 12.3. The number of hydrogen-bond acceptors (Lipinski definition) is 1. The Morgan fingerprint density at radius 2 is 1.92 bits per heavy atom. The molecule has 0 heterocycles. The summed E-state index contributed by atoms with van der Waals surface area (Å²) in [6, 6.07) is 0. The third-order valence-corrected chi connectivity index (χ3v) is 2.32. The van der Waals surface area contributed by atoms with Gasteiger partial charge in [0.2, 0.25) is 5.13 Å². The Morgan fingerprint density at radius 1 is 1.62 bits per heavy atom. The van der Waals surface area contributed by atoms with Gasteiger partial charge >= 0.3 is 6.09 Å². The molecule has 1 saturated carbocycles. The van der Waals surface area contributed by atoms with Gasteiger partial charge in [0, 0.05) is 12.3 Å². The summed E-state index contributed by atoms with van der Waals surface area (Å²) in [4.78, 5) is 8.78. The molecule has 7 heteroatoms. The number of carbonyl (C=O) groups is 1. The normalized spacial score (nSPS) is 35.3. The summed E-state index contributed by atoms with van der Waals surface area (Å²) in [6.07, 6.45) is -1.77. The van der Waals surface area contributed by atoms with Gasteiger partial charge in [0.1, 0.15) is 0 Å². The molecule has 13 heavy (non-hydrogen) atoms. The lowest BCUT2D eigenvalue weighted by Gasteiger charge is -2.43. The van der Waals surface area contributed by atoms with Crippen LogP contribution in [0.25, 0.3) is 0 Å². The molecule has 1 amide bonds. The number of alkyl halides is 4. The number of hydrogen-bond donors (Lipinski definition) is 2. The lowest BCUT2D eigenvalue weighted by atomic mass is 9.80. The molecule has 0 aromatic carbocycles. The van der Waals surface area contributed by atoms with Crippen LogP contribution in [0.2, 0.25) is 0 Å². The number of halogens is 4. The van der Waals surface area contributed by atoms with Crippen LogP contribution in [0.5, 0.6) is 0 Å². The highest BCUT2D eigenvalue weighted by molar-refractivity contribution is 6.24. The van der Waals surface area contributed by atoms with E-state index in [4.69, 9.17) is 21.5 Å². The van der Waals surface area contributed by atoms with E-state index in [2.05, 4.69) is 5.73 Å². The fraction of sp³-hybridized carbons (Fsp3) is 0.833. The first-order chi connectivity index (χ1) is 5.61. The molecule has 78 valence electrons. The topological polar surface area (TPSA) is 63.3 Å². The van der Waals surface area contributed by atoms with E-state index in [9.17, 15) is 13.2 Å². The molecule has 0 spiro atoms. The molecule has 0 radical (unpaired) electrons. The first-order valence-corrected chi connectivity index (χ1v) is 3.73. The fourth-order valence-corrected chi connectivity index (χ4v) is 1.03. The summed E-state index contributed by atoms with van der Waals surface area (Å²) in [5.41, 5.74) is 4.03. The molecule has 1 aliphatic carbocycles. The summed E-state index contributed by atoms with van der Waals surface area (Å²) in [6.45, 7) is 1.37. The summed E-state index contributed by atoms with van der Waals surface area (Å²) >= 11 is 4.83. The van der Waals surface area contributed by atoms with E-state index in [0.717, 1.165) is 0 Å². The summed E-state index contributed by atoms with van der Waals surface area (Å²) in [5.74, 6) is -4.04. The average molecular weight is 220 g/mol. The predicted octanol–water partition coefficient (Wildman–Crippen LogP) is 2.19. The van der Waals surface area contributed by atoms with Gasteiger partial charge in [-0.15, -0.1) is 0 Å². The van der Waals surface area contributed by atoms with Crippen LogP contribution >= 0.6 is 11.6 Å². The molecule has 0 aromatic heterocycles. The van der Waals surface area contributed by atoms with Crippen molar-refractivity contribution in [3.63, 3.8) is 0 Å². The van der Waals surface area contributed by atoms with Gasteiger partial charge in [-0.3, -0.25) is 0 Å². The number of primary amides is 1. The van der Waals surface area contributed by atoms with Gasteiger partial charge in [0.25, 0.3) is 5.92 Å². The maximum Gasteiger partial charge on any atom is 0.402 e. The minimum atomic E-state index is -3.31. The Bertz CT molecular complexity index is 206. The van der Waals surface area contributed by atoms with E-state index >= 15 is 0 Å². The number of nitrogens with two attached hydrogens (primary N) is 1. The monoisotopic (exact) mass is 219 g/mol. The smallest absolute Gasteiger partial charge is 0.402 e. The largest absolute Gasteiger partial charge is 0.465 e. The zero-order valence-electron chi connectivity index (χ0n) is 6.73. The Hall–Kier alpha value is -0.650. The van der Waals surface area contributed by atoms with Crippen molar-refractivity contribution in [1.82, 2.24) is 0 Å². The number of carboxylic acid groups (broad SMARTS) is 1. The molecule has 1 aliphatic rings. The molecule has 3 nitrogen and oxygen atoms in total. The third kappa shape index (κ3) is 2.65. The van der Waals surface area contributed by atoms with Crippen molar-refractivity contribution >= 4 is 17.7 Å². The Labute approximate surface area is 77.7 Å². The number of rotatable bonds is 0. The second-order valence-corrected chi connectivity index (χ2v) is 3.32. The molecule has 2 unspecified atom stereocenters. The fourth-order valence-electron chi connectivity index (χ4n) is 0.878. The van der Waals surface area contributed by atoms with Crippen molar-refractivity contribution in [1.29, 1.82) is 0 Å². The Morgan fingerprint density at radius 3 is 1.92 bits per heavy atom. The van der Waals surface area contributed by atoms with Crippen LogP contribution < -0.4 is 5.73 Å². The van der Waals surface area contributed by atoms with Gasteiger partial charge in [0.15, 0.2) is 0 Å². The van der Waals surface area contributed by atoms with Crippen molar-refractivity contribution in [3.8, 4) is 0 Å². The van der Waals surface area contributed by atoms with Crippen LogP contribution in [0.1, 0.15) is 13.3 Å². The zero-order chi connectivity index (χ0) is 10.9. The molecule has 0 aromatic rings. The van der Waals surface area contributed by atoms with Crippen LogP contribution in [0.15, 0.2) is 0 Å². The highest BCUT2D eigenvalue weighted by atomic mass is 35.5.